The number of fused-ring (bicyclic) bond motifs is 3. The molecule has 180 valence electrons. The predicted molar refractivity (Wildman–Crippen MR) is 125 cm³/mol. The molecule has 1 fully saturated rings. The average molecular weight is 467 g/mol. The molecule has 4 rings (SSSR count). The number of hydrogen-bond donors (Lipinski definition) is 3. The molecule has 3 N–H and O–H groups in total. The van der Waals surface area contributed by atoms with Crippen LogP contribution >= 0.6 is 0 Å². The lowest BCUT2D eigenvalue weighted by Crippen LogP contribution is -2.51. The molecule has 8 heteroatoms. The molecule has 0 unspecified atom stereocenters. The molecule has 0 radical (unpaired) electrons. The van der Waals surface area contributed by atoms with E-state index in [4.69, 9.17) is 9.47 Å². The molecule has 0 aromatic heterocycles. The van der Waals surface area contributed by atoms with Crippen LogP contribution in [0.4, 0.5) is 4.79 Å². The molecule has 3 atom stereocenters. The van der Waals surface area contributed by atoms with Crippen molar-refractivity contribution in [1.29, 1.82) is 0 Å². The van der Waals surface area contributed by atoms with Crippen LogP contribution in [-0.4, -0.2) is 55.0 Å². The van der Waals surface area contributed by atoms with Crippen molar-refractivity contribution < 1.29 is 29.0 Å². The van der Waals surface area contributed by atoms with Crippen molar-refractivity contribution in [2.75, 3.05) is 19.8 Å². The molecule has 0 saturated carbocycles. The third-order valence-electron chi connectivity index (χ3n) is 6.56. The molecule has 34 heavy (non-hydrogen) atoms. The molecule has 2 aromatic carbocycles. The lowest BCUT2D eigenvalue weighted by Gasteiger charge is -2.23. The van der Waals surface area contributed by atoms with E-state index in [1.54, 1.807) is 0 Å². The van der Waals surface area contributed by atoms with E-state index in [0.29, 0.717) is 13.0 Å². The molecule has 2 amide bonds. The Kier molecular flexibility index (Phi) is 7.17. The summed E-state index contributed by atoms with van der Waals surface area (Å²) < 4.78 is 10.8. The number of hydrogen-bond acceptors (Lipinski definition) is 5. The van der Waals surface area contributed by atoms with Crippen LogP contribution in [0.3, 0.4) is 0 Å². The summed E-state index contributed by atoms with van der Waals surface area (Å²) in [5.74, 6) is -1.97. The molecule has 0 spiro atoms. The van der Waals surface area contributed by atoms with E-state index in [2.05, 4.69) is 22.8 Å². The highest BCUT2D eigenvalue weighted by molar-refractivity contribution is 5.86. The van der Waals surface area contributed by atoms with Crippen LogP contribution in [0.25, 0.3) is 11.1 Å². The zero-order valence-corrected chi connectivity index (χ0v) is 19.3. The van der Waals surface area contributed by atoms with Gasteiger partial charge in [0.2, 0.25) is 5.91 Å². The zero-order valence-electron chi connectivity index (χ0n) is 19.3. The molecule has 2 aliphatic rings. The van der Waals surface area contributed by atoms with Crippen molar-refractivity contribution in [3.63, 3.8) is 0 Å². The van der Waals surface area contributed by atoms with Gasteiger partial charge in [0.1, 0.15) is 12.6 Å². The first-order chi connectivity index (χ1) is 16.4. The minimum atomic E-state index is -1.03. The zero-order chi connectivity index (χ0) is 24.2. The number of ether oxygens (including phenoxy) is 2. The van der Waals surface area contributed by atoms with Crippen LogP contribution in [0.15, 0.2) is 48.5 Å². The molecule has 2 aromatic rings. The Hall–Kier alpha value is -3.39. The summed E-state index contributed by atoms with van der Waals surface area (Å²) in [5, 5.41) is 14.7. The number of rotatable bonds is 8. The van der Waals surface area contributed by atoms with Crippen LogP contribution in [-0.2, 0) is 19.1 Å². The number of carboxylic acid groups (broad SMARTS) is 1. The summed E-state index contributed by atoms with van der Waals surface area (Å²) in [5.41, 5.74) is 4.51. The van der Waals surface area contributed by atoms with E-state index in [9.17, 15) is 19.5 Å². The smallest absolute Gasteiger partial charge is 0.407 e. The molecule has 1 aliphatic heterocycles. The Balaban J connectivity index is 1.35. The summed E-state index contributed by atoms with van der Waals surface area (Å²) in [6, 6.07) is 15.4. The number of carboxylic acids is 1. The number of amides is 2. The SMILES string of the molecule is CC(C)[C@H](NC(=O)OCC1c2ccccc2-c2ccccc21)C(=O)NC[C@@H]1CCO[C@@H]1C(=O)O. The van der Waals surface area contributed by atoms with Crippen LogP contribution in [0.1, 0.15) is 37.3 Å². The minimum Gasteiger partial charge on any atom is -0.479 e. The van der Waals surface area contributed by atoms with E-state index >= 15 is 0 Å². The maximum absolute atomic E-state index is 12.8. The Morgan fingerprint density at radius 1 is 1.06 bits per heavy atom. The van der Waals surface area contributed by atoms with Gasteiger partial charge in [-0.2, -0.15) is 0 Å². The summed E-state index contributed by atoms with van der Waals surface area (Å²) in [6.45, 7) is 4.33. The Morgan fingerprint density at radius 2 is 1.68 bits per heavy atom. The Bertz CT molecular complexity index is 1020. The second-order valence-corrected chi connectivity index (χ2v) is 9.12. The Morgan fingerprint density at radius 3 is 2.26 bits per heavy atom. The van der Waals surface area contributed by atoms with Gasteiger partial charge in [0.25, 0.3) is 0 Å². The van der Waals surface area contributed by atoms with Gasteiger partial charge in [0.15, 0.2) is 6.10 Å². The fourth-order valence-electron chi connectivity index (χ4n) is 4.76. The summed E-state index contributed by atoms with van der Waals surface area (Å²) >= 11 is 0. The van der Waals surface area contributed by atoms with Crippen LogP contribution in [0, 0.1) is 11.8 Å². The van der Waals surface area contributed by atoms with Crippen molar-refractivity contribution in [2.45, 2.75) is 38.3 Å². The first-order valence-corrected chi connectivity index (χ1v) is 11.6. The van der Waals surface area contributed by atoms with Crippen LogP contribution < -0.4 is 10.6 Å². The number of alkyl carbamates (subject to hydrolysis) is 1. The highest BCUT2D eigenvalue weighted by atomic mass is 16.5. The van der Waals surface area contributed by atoms with Crippen molar-refractivity contribution in [3.05, 3.63) is 59.7 Å². The molecule has 1 saturated heterocycles. The number of aliphatic carboxylic acids is 1. The fourth-order valence-corrected chi connectivity index (χ4v) is 4.76. The molecule has 1 aliphatic carbocycles. The van der Waals surface area contributed by atoms with Crippen LogP contribution in [0.5, 0.6) is 0 Å². The van der Waals surface area contributed by atoms with E-state index in [-0.39, 0.29) is 36.8 Å². The van der Waals surface area contributed by atoms with Crippen molar-refractivity contribution in [1.82, 2.24) is 10.6 Å². The summed E-state index contributed by atoms with van der Waals surface area (Å²) in [4.78, 5) is 36.7. The first kappa shape index (κ1) is 23.8. The van der Waals surface area contributed by atoms with Crippen molar-refractivity contribution >= 4 is 18.0 Å². The predicted octanol–water partition coefficient (Wildman–Crippen LogP) is 3.16. The van der Waals surface area contributed by atoms with E-state index < -0.39 is 24.2 Å². The first-order valence-electron chi connectivity index (χ1n) is 11.6. The Labute approximate surface area is 198 Å². The molecule has 8 nitrogen and oxygen atoms in total. The van der Waals surface area contributed by atoms with E-state index in [1.807, 2.05) is 50.2 Å². The van der Waals surface area contributed by atoms with E-state index in [0.717, 1.165) is 22.3 Å². The molecular formula is C26H30N2O6. The third kappa shape index (κ3) is 4.92. The quantitative estimate of drug-likeness (QED) is 0.551. The van der Waals surface area contributed by atoms with Gasteiger partial charge in [-0.3, -0.25) is 4.79 Å². The lowest BCUT2D eigenvalue weighted by atomic mass is 9.98. The topological polar surface area (TPSA) is 114 Å². The monoisotopic (exact) mass is 466 g/mol. The number of carbonyl (C=O) groups is 3. The van der Waals surface area contributed by atoms with Crippen LogP contribution in [0.2, 0.25) is 0 Å². The second-order valence-electron chi connectivity index (χ2n) is 9.12. The van der Waals surface area contributed by atoms with Gasteiger partial charge >= 0.3 is 12.1 Å². The minimum absolute atomic E-state index is 0.0696. The van der Waals surface area contributed by atoms with Crippen molar-refractivity contribution in [2.24, 2.45) is 11.8 Å². The van der Waals surface area contributed by atoms with Gasteiger partial charge in [0, 0.05) is 25.0 Å². The second kappa shape index (κ2) is 10.3. The summed E-state index contributed by atoms with van der Waals surface area (Å²) in [7, 11) is 0. The van der Waals surface area contributed by atoms with Gasteiger partial charge in [0.05, 0.1) is 0 Å². The highest BCUT2D eigenvalue weighted by Gasteiger charge is 2.35. The van der Waals surface area contributed by atoms with Gasteiger partial charge in [-0.15, -0.1) is 0 Å². The van der Waals surface area contributed by atoms with Gasteiger partial charge in [-0.1, -0.05) is 62.4 Å². The fraction of sp³-hybridized carbons (Fsp3) is 0.423. The standard InChI is InChI=1S/C26H30N2O6/c1-15(2)22(24(29)27-13-16-11-12-33-23(16)25(30)31)28-26(32)34-14-21-19-9-5-3-7-17(19)18-8-4-6-10-20(18)21/h3-10,15-16,21-23H,11-14H2,1-2H3,(H,27,29)(H,28,32)(H,30,31)/t16-,22-,23-/m0/s1. The number of nitrogens with one attached hydrogen (secondary N) is 2. The van der Waals surface area contributed by atoms with Gasteiger partial charge in [-0.25, -0.2) is 9.59 Å². The molecule has 1 heterocycles. The molecule has 0 bridgehead atoms. The number of benzene rings is 2. The maximum atomic E-state index is 12.8. The van der Waals surface area contributed by atoms with Gasteiger partial charge in [-0.05, 0) is 34.6 Å². The van der Waals surface area contributed by atoms with Crippen molar-refractivity contribution in [3.8, 4) is 11.1 Å². The molecular weight excluding hydrogens is 436 g/mol. The largest absolute Gasteiger partial charge is 0.479 e. The van der Waals surface area contributed by atoms with Gasteiger partial charge < -0.3 is 25.2 Å². The third-order valence-corrected chi connectivity index (χ3v) is 6.56. The normalized spacial score (nSPS) is 19.9. The lowest BCUT2D eigenvalue weighted by molar-refractivity contribution is -0.149. The average Bonchev–Trinajstić information content (AvgIpc) is 3.42. The van der Waals surface area contributed by atoms with E-state index in [1.165, 1.54) is 0 Å². The number of carbonyl (C=O) groups excluding carboxylic acids is 2. The highest BCUT2D eigenvalue weighted by Crippen LogP contribution is 2.44. The maximum Gasteiger partial charge on any atom is 0.407 e. The summed E-state index contributed by atoms with van der Waals surface area (Å²) in [6.07, 6.45) is -1.03.